The normalized spacial score (nSPS) is 18.4. The van der Waals surface area contributed by atoms with Crippen molar-refractivity contribution in [1.29, 1.82) is 0 Å². The van der Waals surface area contributed by atoms with Gasteiger partial charge in [0.1, 0.15) is 6.04 Å². The van der Waals surface area contributed by atoms with Gasteiger partial charge in [0.2, 0.25) is 0 Å². The Labute approximate surface area is 178 Å². The number of carboxylic acids is 1. The summed E-state index contributed by atoms with van der Waals surface area (Å²) in [6, 6.07) is 4.71. The highest BCUT2D eigenvalue weighted by molar-refractivity contribution is 6.36. The highest BCUT2D eigenvalue weighted by Gasteiger charge is 2.43. The molecule has 29 heavy (non-hydrogen) atoms. The number of anilines is 1. The van der Waals surface area contributed by atoms with E-state index in [0.29, 0.717) is 34.4 Å². The van der Waals surface area contributed by atoms with E-state index in [0.717, 1.165) is 0 Å². The highest BCUT2D eigenvalue weighted by Crippen LogP contribution is 2.46. The predicted molar refractivity (Wildman–Crippen MR) is 113 cm³/mol. The molecule has 3 rings (SSSR count). The van der Waals surface area contributed by atoms with E-state index in [9.17, 15) is 14.7 Å². The average molecular weight is 435 g/mol. The Balaban J connectivity index is 2.21. The van der Waals surface area contributed by atoms with Crippen molar-refractivity contribution in [3.8, 4) is 0 Å². The van der Waals surface area contributed by atoms with E-state index in [1.54, 1.807) is 30.4 Å². The van der Waals surface area contributed by atoms with E-state index in [2.05, 4.69) is 13.2 Å². The fourth-order valence-corrected chi connectivity index (χ4v) is 4.29. The third kappa shape index (κ3) is 4.10. The number of benzene rings is 1. The van der Waals surface area contributed by atoms with Gasteiger partial charge in [-0.15, -0.1) is 13.2 Å². The number of furan rings is 1. The molecule has 0 fully saturated rings. The number of halogens is 2. The van der Waals surface area contributed by atoms with Crippen LogP contribution in [-0.4, -0.2) is 41.0 Å². The van der Waals surface area contributed by atoms with Gasteiger partial charge in [-0.2, -0.15) is 0 Å². The molecule has 1 N–H and O–H groups in total. The number of hydrogen-bond donors (Lipinski definition) is 1. The van der Waals surface area contributed by atoms with Crippen LogP contribution in [0.3, 0.4) is 0 Å². The lowest BCUT2D eigenvalue weighted by molar-refractivity contribution is -0.139. The molecule has 152 valence electrons. The topological polar surface area (TPSA) is 74.0 Å². The molecule has 6 nitrogen and oxygen atoms in total. The van der Waals surface area contributed by atoms with Crippen LogP contribution in [0.2, 0.25) is 10.0 Å². The van der Waals surface area contributed by atoms with Crippen molar-refractivity contribution in [2.75, 3.05) is 18.0 Å². The molecule has 0 unspecified atom stereocenters. The number of carbonyl (C=O) groups excluding carboxylic acids is 1. The van der Waals surface area contributed by atoms with Crippen LogP contribution in [0.15, 0.2) is 60.3 Å². The number of fused-ring (bicyclic) bond motifs is 1. The minimum atomic E-state index is -1.13. The SMILES string of the molecule is C=CCN(CC=C)[C@H]1C[C@H](C(=O)O)N(C(=O)c2ccco2)c2cc(Cl)cc(Cl)c21. The minimum absolute atomic E-state index is 0.0331. The monoisotopic (exact) mass is 434 g/mol. The lowest BCUT2D eigenvalue weighted by Crippen LogP contribution is -2.51. The van der Waals surface area contributed by atoms with Gasteiger partial charge in [0, 0.05) is 34.7 Å². The maximum absolute atomic E-state index is 13.1. The molecule has 0 aliphatic carbocycles. The third-order valence-electron chi connectivity index (χ3n) is 4.83. The number of amides is 1. The minimum Gasteiger partial charge on any atom is -0.480 e. The van der Waals surface area contributed by atoms with Crippen molar-refractivity contribution < 1.29 is 19.1 Å². The zero-order valence-corrected chi connectivity index (χ0v) is 17.1. The fourth-order valence-electron chi connectivity index (χ4n) is 3.68. The summed E-state index contributed by atoms with van der Waals surface area (Å²) in [7, 11) is 0. The lowest BCUT2D eigenvalue weighted by atomic mass is 9.89. The number of carbonyl (C=O) groups is 2. The average Bonchev–Trinajstić information content (AvgIpc) is 3.20. The van der Waals surface area contributed by atoms with Crippen molar-refractivity contribution in [2.45, 2.75) is 18.5 Å². The van der Waals surface area contributed by atoms with Gasteiger partial charge in [-0.05, 0) is 30.7 Å². The first-order valence-electron chi connectivity index (χ1n) is 8.93. The van der Waals surface area contributed by atoms with Crippen molar-refractivity contribution in [1.82, 2.24) is 4.90 Å². The summed E-state index contributed by atoms with van der Waals surface area (Å²) < 4.78 is 5.22. The van der Waals surface area contributed by atoms with E-state index in [-0.39, 0.29) is 18.2 Å². The Kier molecular flexibility index (Phi) is 6.47. The van der Waals surface area contributed by atoms with Crippen LogP contribution in [0.25, 0.3) is 0 Å². The molecule has 8 heteroatoms. The molecule has 1 aliphatic heterocycles. The van der Waals surface area contributed by atoms with Crippen LogP contribution < -0.4 is 4.90 Å². The molecule has 1 aromatic heterocycles. The molecule has 2 heterocycles. The van der Waals surface area contributed by atoms with Crippen molar-refractivity contribution in [3.05, 3.63) is 77.2 Å². The molecular weight excluding hydrogens is 415 g/mol. The second kappa shape index (κ2) is 8.86. The maximum Gasteiger partial charge on any atom is 0.326 e. The third-order valence-corrected chi connectivity index (χ3v) is 5.36. The number of aliphatic carboxylic acids is 1. The zero-order valence-electron chi connectivity index (χ0n) is 15.6. The number of nitrogens with zero attached hydrogens (tertiary/aromatic N) is 2. The molecular formula is C21H20Cl2N2O4. The Morgan fingerprint density at radius 2 is 1.97 bits per heavy atom. The van der Waals surface area contributed by atoms with E-state index in [4.69, 9.17) is 27.6 Å². The Morgan fingerprint density at radius 3 is 2.52 bits per heavy atom. The first kappa shape index (κ1) is 21.2. The summed E-state index contributed by atoms with van der Waals surface area (Å²) in [5.74, 6) is -1.67. The Morgan fingerprint density at radius 1 is 1.28 bits per heavy atom. The molecule has 0 radical (unpaired) electrons. The lowest BCUT2D eigenvalue weighted by Gasteiger charge is -2.43. The molecule has 0 spiro atoms. The summed E-state index contributed by atoms with van der Waals surface area (Å²) in [6.07, 6.45) is 4.95. The first-order valence-corrected chi connectivity index (χ1v) is 9.69. The summed E-state index contributed by atoms with van der Waals surface area (Å²) in [5, 5.41) is 10.6. The largest absolute Gasteiger partial charge is 0.480 e. The van der Waals surface area contributed by atoms with Crippen LogP contribution >= 0.6 is 23.2 Å². The zero-order chi connectivity index (χ0) is 21.1. The Bertz CT molecular complexity index is 932. The Hall–Kier alpha value is -2.54. The van der Waals surface area contributed by atoms with Crippen LogP contribution in [0.1, 0.15) is 28.6 Å². The van der Waals surface area contributed by atoms with Crippen LogP contribution in [0.4, 0.5) is 5.69 Å². The van der Waals surface area contributed by atoms with Gasteiger partial charge in [-0.25, -0.2) is 4.79 Å². The van der Waals surface area contributed by atoms with E-state index in [1.807, 2.05) is 4.90 Å². The smallest absolute Gasteiger partial charge is 0.326 e. The van der Waals surface area contributed by atoms with Crippen LogP contribution in [0.5, 0.6) is 0 Å². The predicted octanol–water partition coefficient (Wildman–Crippen LogP) is 4.81. The molecule has 1 amide bonds. The van der Waals surface area contributed by atoms with Crippen molar-refractivity contribution >= 4 is 40.8 Å². The fraction of sp³-hybridized carbons (Fsp3) is 0.238. The van der Waals surface area contributed by atoms with E-state index < -0.39 is 17.9 Å². The second-order valence-electron chi connectivity index (χ2n) is 6.61. The van der Waals surface area contributed by atoms with Gasteiger partial charge < -0.3 is 9.52 Å². The maximum atomic E-state index is 13.1. The van der Waals surface area contributed by atoms with Crippen molar-refractivity contribution in [2.24, 2.45) is 0 Å². The van der Waals surface area contributed by atoms with Gasteiger partial charge >= 0.3 is 5.97 Å². The molecule has 0 bridgehead atoms. The van der Waals surface area contributed by atoms with Crippen LogP contribution in [0, 0.1) is 0 Å². The standard InChI is InChI=1S/C21H20Cl2N2O4/c1-3-7-24(8-4-2)15-12-17(21(27)28)25(20(26)18-6-5-9-29-18)16-11-13(22)10-14(23)19(15)16/h3-6,9-11,15,17H,1-2,7-8,12H2,(H,27,28)/t15-,17+/m0/s1. The number of hydrogen-bond acceptors (Lipinski definition) is 4. The summed E-state index contributed by atoms with van der Waals surface area (Å²) >= 11 is 12.8. The van der Waals surface area contributed by atoms with Crippen LogP contribution in [-0.2, 0) is 4.79 Å². The van der Waals surface area contributed by atoms with Gasteiger partial charge in [0.05, 0.1) is 12.0 Å². The molecule has 0 saturated heterocycles. The van der Waals surface area contributed by atoms with Gasteiger partial charge in [0.15, 0.2) is 5.76 Å². The summed E-state index contributed by atoms with van der Waals surface area (Å²) in [4.78, 5) is 28.5. The summed E-state index contributed by atoms with van der Waals surface area (Å²) in [6.45, 7) is 8.54. The molecule has 1 aliphatic rings. The summed E-state index contributed by atoms with van der Waals surface area (Å²) in [5.41, 5.74) is 0.989. The number of carboxylic acid groups (broad SMARTS) is 1. The van der Waals surface area contributed by atoms with E-state index in [1.165, 1.54) is 17.2 Å². The van der Waals surface area contributed by atoms with Gasteiger partial charge in [-0.3, -0.25) is 14.6 Å². The molecule has 2 atom stereocenters. The second-order valence-corrected chi connectivity index (χ2v) is 7.45. The van der Waals surface area contributed by atoms with Gasteiger partial charge in [-0.1, -0.05) is 35.4 Å². The molecule has 0 saturated carbocycles. The quantitative estimate of drug-likeness (QED) is 0.633. The highest BCUT2D eigenvalue weighted by atomic mass is 35.5. The van der Waals surface area contributed by atoms with Gasteiger partial charge in [0.25, 0.3) is 5.91 Å². The van der Waals surface area contributed by atoms with E-state index >= 15 is 0 Å². The molecule has 1 aromatic carbocycles. The molecule has 2 aromatic rings. The first-order chi connectivity index (χ1) is 13.9. The number of rotatable bonds is 7. The van der Waals surface area contributed by atoms with Crippen molar-refractivity contribution in [3.63, 3.8) is 0 Å².